The summed E-state index contributed by atoms with van der Waals surface area (Å²) in [6, 6.07) is -0.426. The molecular weight excluding hydrogens is 176 g/mol. The molecule has 3 heteroatoms. The third-order valence-electron chi connectivity index (χ3n) is 2.81. The van der Waals surface area contributed by atoms with E-state index in [1.165, 1.54) is 12.0 Å². The first-order chi connectivity index (χ1) is 6.52. The van der Waals surface area contributed by atoms with Crippen LogP contribution in [0, 0.1) is 5.92 Å². The van der Waals surface area contributed by atoms with E-state index < -0.39 is 6.04 Å². The first-order valence-electron chi connectivity index (χ1n) is 5.28. The summed E-state index contributed by atoms with van der Waals surface area (Å²) in [7, 11) is 0. The lowest BCUT2D eigenvalue weighted by Crippen LogP contribution is -2.40. The van der Waals surface area contributed by atoms with Crippen LogP contribution in [0.1, 0.15) is 40.0 Å². The van der Waals surface area contributed by atoms with E-state index >= 15 is 0 Å². The fourth-order valence-electron chi connectivity index (χ4n) is 1.85. The lowest BCUT2D eigenvalue weighted by molar-refractivity contribution is -0.121. The SMILES string of the molecule is CC1=C(NC(=O)C(C)N)C(C)CCC1. The van der Waals surface area contributed by atoms with E-state index in [-0.39, 0.29) is 5.91 Å². The number of nitrogens with two attached hydrogens (primary N) is 1. The van der Waals surface area contributed by atoms with Gasteiger partial charge in [-0.2, -0.15) is 0 Å². The zero-order chi connectivity index (χ0) is 10.7. The third-order valence-corrected chi connectivity index (χ3v) is 2.81. The second-order valence-corrected chi connectivity index (χ2v) is 4.27. The highest BCUT2D eigenvalue weighted by atomic mass is 16.2. The second-order valence-electron chi connectivity index (χ2n) is 4.27. The average molecular weight is 196 g/mol. The van der Waals surface area contributed by atoms with Crippen molar-refractivity contribution >= 4 is 5.91 Å². The quantitative estimate of drug-likeness (QED) is 0.704. The van der Waals surface area contributed by atoms with Crippen LogP contribution in [-0.2, 0) is 4.79 Å². The highest BCUT2D eigenvalue weighted by Crippen LogP contribution is 2.27. The molecule has 2 unspecified atom stereocenters. The van der Waals surface area contributed by atoms with Gasteiger partial charge in [0.2, 0.25) is 5.91 Å². The standard InChI is InChI=1S/C11H20N2O/c1-7-5-4-6-8(2)10(7)13-11(14)9(3)12/h7,9H,4-6,12H2,1-3H3,(H,13,14). The third kappa shape index (κ3) is 2.58. The number of allylic oxidation sites excluding steroid dienone is 2. The van der Waals surface area contributed by atoms with Crippen molar-refractivity contribution in [3.63, 3.8) is 0 Å². The molecule has 0 aromatic heterocycles. The zero-order valence-corrected chi connectivity index (χ0v) is 9.26. The maximum absolute atomic E-state index is 11.4. The second kappa shape index (κ2) is 4.60. The molecule has 1 amide bonds. The number of hydrogen-bond donors (Lipinski definition) is 2. The van der Waals surface area contributed by atoms with Gasteiger partial charge in [-0.1, -0.05) is 12.5 Å². The summed E-state index contributed by atoms with van der Waals surface area (Å²) in [4.78, 5) is 11.4. The van der Waals surface area contributed by atoms with E-state index in [4.69, 9.17) is 5.73 Å². The minimum atomic E-state index is -0.426. The number of carbonyl (C=O) groups excluding carboxylic acids is 1. The first kappa shape index (κ1) is 11.2. The molecule has 0 radical (unpaired) electrons. The Balaban J connectivity index is 2.70. The molecule has 0 spiro atoms. The molecule has 14 heavy (non-hydrogen) atoms. The average Bonchev–Trinajstić information content (AvgIpc) is 2.11. The number of rotatable bonds is 2. The van der Waals surface area contributed by atoms with Gasteiger partial charge in [0.1, 0.15) is 0 Å². The van der Waals surface area contributed by atoms with Crippen molar-refractivity contribution in [1.29, 1.82) is 0 Å². The van der Waals surface area contributed by atoms with Crippen molar-refractivity contribution < 1.29 is 4.79 Å². The summed E-state index contributed by atoms with van der Waals surface area (Å²) < 4.78 is 0. The molecule has 0 fully saturated rings. The predicted octanol–water partition coefficient (Wildman–Crippen LogP) is 1.54. The van der Waals surface area contributed by atoms with E-state index in [1.807, 2.05) is 0 Å². The zero-order valence-electron chi connectivity index (χ0n) is 9.26. The van der Waals surface area contributed by atoms with Gasteiger partial charge in [0.15, 0.2) is 0 Å². The highest BCUT2D eigenvalue weighted by Gasteiger charge is 2.19. The van der Waals surface area contributed by atoms with Crippen molar-refractivity contribution in [2.24, 2.45) is 11.7 Å². The van der Waals surface area contributed by atoms with Crippen molar-refractivity contribution in [3.05, 3.63) is 11.3 Å². The minimum absolute atomic E-state index is 0.0758. The molecule has 1 rings (SSSR count). The van der Waals surface area contributed by atoms with Crippen LogP contribution in [0.25, 0.3) is 0 Å². The van der Waals surface area contributed by atoms with Crippen molar-refractivity contribution in [1.82, 2.24) is 5.32 Å². The summed E-state index contributed by atoms with van der Waals surface area (Å²) in [5.74, 6) is 0.388. The van der Waals surface area contributed by atoms with Gasteiger partial charge in [0, 0.05) is 5.70 Å². The van der Waals surface area contributed by atoms with Gasteiger partial charge in [0.25, 0.3) is 0 Å². The van der Waals surface area contributed by atoms with Crippen molar-refractivity contribution in [2.45, 2.75) is 46.1 Å². The van der Waals surface area contributed by atoms with E-state index in [1.54, 1.807) is 6.92 Å². The number of nitrogens with one attached hydrogen (secondary N) is 1. The minimum Gasteiger partial charge on any atom is -0.328 e. The molecule has 0 aromatic carbocycles. The van der Waals surface area contributed by atoms with Crippen LogP contribution in [0.15, 0.2) is 11.3 Å². The summed E-state index contributed by atoms with van der Waals surface area (Å²) in [5.41, 5.74) is 7.91. The van der Waals surface area contributed by atoms with Gasteiger partial charge in [-0.25, -0.2) is 0 Å². The van der Waals surface area contributed by atoms with Crippen LogP contribution in [0.3, 0.4) is 0 Å². The van der Waals surface area contributed by atoms with Gasteiger partial charge in [-0.15, -0.1) is 0 Å². The summed E-state index contributed by atoms with van der Waals surface area (Å²) in [6.07, 6.45) is 3.48. The Morgan fingerprint density at radius 2 is 2.29 bits per heavy atom. The maximum atomic E-state index is 11.4. The number of amides is 1. The molecule has 0 saturated carbocycles. The molecule has 0 saturated heterocycles. The lowest BCUT2D eigenvalue weighted by atomic mass is 9.89. The Hall–Kier alpha value is -0.830. The van der Waals surface area contributed by atoms with Gasteiger partial charge in [-0.05, 0) is 39.0 Å². The molecule has 3 N–H and O–H groups in total. The van der Waals surface area contributed by atoms with Crippen molar-refractivity contribution in [3.8, 4) is 0 Å². The van der Waals surface area contributed by atoms with Crippen LogP contribution in [-0.4, -0.2) is 11.9 Å². The van der Waals surface area contributed by atoms with E-state index in [0.29, 0.717) is 5.92 Å². The van der Waals surface area contributed by atoms with Crippen LogP contribution in [0.2, 0.25) is 0 Å². The van der Waals surface area contributed by atoms with E-state index in [0.717, 1.165) is 18.5 Å². The summed E-state index contributed by atoms with van der Waals surface area (Å²) in [5, 5.41) is 2.93. The molecular formula is C11H20N2O. The Labute approximate surface area is 85.7 Å². The van der Waals surface area contributed by atoms with E-state index in [9.17, 15) is 4.79 Å². The Bertz CT molecular complexity index is 256. The van der Waals surface area contributed by atoms with Crippen LogP contribution in [0.5, 0.6) is 0 Å². The summed E-state index contributed by atoms with van der Waals surface area (Å²) in [6.45, 7) is 5.95. The predicted molar refractivity (Wildman–Crippen MR) is 57.5 cm³/mol. The Morgan fingerprint density at radius 3 is 2.79 bits per heavy atom. The van der Waals surface area contributed by atoms with Gasteiger partial charge in [0.05, 0.1) is 6.04 Å². The van der Waals surface area contributed by atoms with Crippen molar-refractivity contribution in [2.75, 3.05) is 0 Å². The molecule has 0 aromatic rings. The van der Waals surface area contributed by atoms with Gasteiger partial charge < -0.3 is 11.1 Å². The number of hydrogen-bond acceptors (Lipinski definition) is 2. The molecule has 3 nitrogen and oxygen atoms in total. The van der Waals surface area contributed by atoms with Crippen LogP contribution >= 0.6 is 0 Å². The fraction of sp³-hybridized carbons (Fsp3) is 0.727. The summed E-state index contributed by atoms with van der Waals surface area (Å²) >= 11 is 0. The monoisotopic (exact) mass is 196 g/mol. The van der Waals surface area contributed by atoms with Gasteiger partial charge >= 0.3 is 0 Å². The first-order valence-corrected chi connectivity index (χ1v) is 5.28. The largest absolute Gasteiger partial charge is 0.328 e. The van der Waals surface area contributed by atoms with Crippen LogP contribution in [0.4, 0.5) is 0 Å². The molecule has 2 atom stereocenters. The Kier molecular flexibility index (Phi) is 3.69. The smallest absolute Gasteiger partial charge is 0.240 e. The molecule has 0 bridgehead atoms. The molecule has 0 heterocycles. The highest BCUT2D eigenvalue weighted by molar-refractivity contribution is 5.82. The Morgan fingerprint density at radius 1 is 1.64 bits per heavy atom. The topological polar surface area (TPSA) is 55.1 Å². The molecule has 1 aliphatic rings. The lowest BCUT2D eigenvalue weighted by Gasteiger charge is -2.25. The molecule has 80 valence electrons. The maximum Gasteiger partial charge on any atom is 0.240 e. The number of carbonyl (C=O) groups is 1. The molecule has 1 aliphatic carbocycles. The normalized spacial score (nSPS) is 24.7. The van der Waals surface area contributed by atoms with Gasteiger partial charge in [-0.3, -0.25) is 4.79 Å². The van der Waals surface area contributed by atoms with Crippen LogP contribution < -0.4 is 11.1 Å². The van der Waals surface area contributed by atoms with E-state index in [2.05, 4.69) is 19.2 Å². The fourth-order valence-corrected chi connectivity index (χ4v) is 1.85. The molecule has 0 aliphatic heterocycles.